The van der Waals surface area contributed by atoms with E-state index in [0.29, 0.717) is 25.7 Å². The first kappa shape index (κ1) is 67.8. The molecule has 12 atom stereocenters. The van der Waals surface area contributed by atoms with Crippen LogP contribution >= 0.6 is 15.6 Å². The summed E-state index contributed by atoms with van der Waals surface area (Å²) >= 11 is 0. The zero-order valence-electron chi connectivity index (χ0n) is 44.7. The number of carbonyl (C=O) groups excluding carboxylic acids is 2. The molecule has 2 aliphatic heterocycles. The summed E-state index contributed by atoms with van der Waals surface area (Å²) in [7, 11) is -11.4. The van der Waals surface area contributed by atoms with E-state index in [1.807, 2.05) is 25.2 Å². The summed E-state index contributed by atoms with van der Waals surface area (Å²) in [5, 5.41) is 56.8. The van der Waals surface area contributed by atoms with Crippen molar-refractivity contribution in [3.8, 4) is 0 Å². The van der Waals surface area contributed by atoms with Gasteiger partial charge in [-0.1, -0.05) is 130 Å². The number of fused-ring (bicyclic) bond motifs is 3. The smallest absolute Gasteiger partial charge is 0.462 e. The number of phosphoric ester groups is 2. The molecule has 0 radical (unpaired) electrons. The van der Waals surface area contributed by atoms with E-state index in [0.717, 1.165) is 55.7 Å². The van der Waals surface area contributed by atoms with Gasteiger partial charge in [0.15, 0.2) is 12.4 Å². The lowest BCUT2D eigenvalue weighted by Crippen LogP contribution is -2.49. The Kier molecular flexibility index (Phi) is 33.2. The average molecular weight is 1140 g/mol. The number of allylic oxidation sites excluding steroid dienone is 14. The van der Waals surface area contributed by atoms with Gasteiger partial charge in [0.1, 0.15) is 43.1 Å². The highest BCUT2D eigenvalue weighted by Gasteiger charge is 2.44. The Morgan fingerprint density at radius 1 is 0.846 bits per heavy atom. The van der Waals surface area contributed by atoms with E-state index in [1.165, 1.54) is 18.2 Å². The van der Waals surface area contributed by atoms with Crippen molar-refractivity contribution in [1.29, 1.82) is 0 Å². The number of esters is 2. The fourth-order valence-electron chi connectivity index (χ4n) is 7.78. The zero-order chi connectivity index (χ0) is 57.2. The SMILES string of the molecule is CC/C=C\C/C=C\C/C=C\C/C=C\C/C=C\C/C=C\CCC(=O)OC[C@@H]1COP(=O)(O)OP(=O)(O)OC[C@H]2O[C@@H](n3ccc(N)nc3=O)[C@@H](CC=CCCCC(=O)O1)[C@@H](O)CC(O)O[C@H](/C=C/[C@@H](O)CCCCC)[C@H](O)[C@@H]2O. The molecule has 22 nitrogen and oxygen atoms in total. The number of hydrogen-bond acceptors (Lipinski definition) is 19. The molecule has 0 aromatic carbocycles. The molecular weight excluding hydrogens is 1060 g/mol. The highest BCUT2D eigenvalue weighted by atomic mass is 31.3. The van der Waals surface area contributed by atoms with Gasteiger partial charge in [0.05, 0.1) is 25.4 Å². The van der Waals surface area contributed by atoms with Crippen LogP contribution in [0.25, 0.3) is 0 Å². The number of hydrogen-bond donors (Lipinski definition) is 8. The highest BCUT2D eigenvalue weighted by Crippen LogP contribution is 2.60. The topological polar surface area (TPSA) is 335 Å². The predicted molar refractivity (Wildman–Crippen MR) is 292 cm³/mol. The molecule has 438 valence electrons. The monoisotopic (exact) mass is 1140 g/mol. The van der Waals surface area contributed by atoms with Crippen molar-refractivity contribution in [2.75, 3.05) is 25.6 Å². The van der Waals surface area contributed by atoms with E-state index >= 15 is 0 Å². The molecule has 0 amide bonds. The van der Waals surface area contributed by atoms with Crippen LogP contribution < -0.4 is 11.4 Å². The van der Waals surface area contributed by atoms with Crippen molar-refractivity contribution in [2.45, 2.75) is 178 Å². The predicted octanol–water partition coefficient (Wildman–Crippen LogP) is 7.33. The number of aromatic nitrogens is 2. The van der Waals surface area contributed by atoms with Gasteiger partial charge >= 0.3 is 33.3 Å². The maximum atomic E-state index is 13.4. The quantitative estimate of drug-likeness (QED) is 0.0230. The molecular formula is C54H83N3O19P2. The minimum absolute atomic E-state index is 0.0570. The molecule has 0 aliphatic carbocycles. The Morgan fingerprint density at radius 3 is 2.08 bits per heavy atom. The van der Waals surface area contributed by atoms with E-state index in [9.17, 15) is 58.8 Å². The van der Waals surface area contributed by atoms with Crippen LogP contribution in [-0.2, 0) is 51.0 Å². The van der Waals surface area contributed by atoms with Crippen LogP contribution in [0.3, 0.4) is 0 Å². The molecule has 3 unspecified atom stereocenters. The van der Waals surface area contributed by atoms with Gasteiger partial charge in [-0.2, -0.15) is 9.29 Å². The van der Waals surface area contributed by atoms with Crippen LogP contribution in [0, 0.1) is 5.92 Å². The third-order valence-electron chi connectivity index (χ3n) is 12.0. The molecule has 3 rings (SSSR count). The lowest BCUT2D eigenvalue weighted by atomic mass is 9.92. The van der Waals surface area contributed by atoms with Crippen molar-refractivity contribution < 1.29 is 86.3 Å². The third-order valence-corrected chi connectivity index (χ3v) is 14.6. The number of nitrogen functional groups attached to an aromatic ring is 1. The van der Waals surface area contributed by atoms with Crippen LogP contribution in [0.15, 0.2) is 114 Å². The lowest BCUT2D eigenvalue weighted by Gasteiger charge is -2.36. The van der Waals surface area contributed by atoms with Crippen LogP contribution in [0.4, 0.5) is 5.82 Å². The summed E-state index contributed by atoms with van der Waals surface area (Å²) in [6.45, 7) is 1.24. The van der Waals surface area contributed by atoms with E-state index in [4.69, 9.17) is 33.7 Å². The van der Waals surface area contributed by atoms with Crippen LogP contribution in [0.1, 0.15) is 129 Å². The summed E-state index contributed by atoms with van der Waals surface area (Å²) in [5.74, 6) is -2.97. The Labute approximate surface area is 457 Å². The molecule has 78 heavy (non-hydrogen) atoms. The summed E-state index contributed by atoms with van der Waals surface area (Å²) < 4.78 is 64.6. The number of carbonyl (C=O) groups is 2. The number of cyclic esters (lactones) is 1. The number of rotatable bonds is 23. The number of phosphoric acid groups is 2. The number of nitrogens with zero attached hydrogens (tertiary/aromatic N) is 2. The fraction of sp³-hybridized carbons (Fsp3) is 0.593. The highest BCUT2D eigenvalue weighted by molar-refractivity contribution is 7.61. The molecule has 1 aromatic rings. The van der Waals surface area contributed by atoms with Crippen LogP contribution in [-0.4, -0.2) is 126 Å². The van der Waals surface area contributed by atoms with Gasteiger partial charge in [0.25, 0.3) is 0 Å². The first-order chi connectivity index (χ1) is 37.3. The van der Waals surface area contributed by atoms with Gasteiger partial charge in [0, 0.05) is 31.4 Å². The number of nitrogens with two attached hydrogens (primary N) is 1. The Morgan fingerprint density at radius 2 is 1.46 bits per heavy atom. The second kappa shape index (κ2) is 38.2. The molecule has 3 heterocycles. The minimum Gasteiger partial charge on any atom is -0.462 e. The Balaban J connectivity index is 1.76. The van der Waals surface area contributed by atoms with Gasteiger partial charge in [-0.05, 0) is 76.7 Å². The molecule has 1 aromatic heterocycles. The maximum absolute atomic E-state index is 13.4. The second-order valence-electron chi connectivity index (χ2n) is 18.5. The molecule has 24 heteroatoms. The first-order valence-electron chi connectivity index (χ1n) is 26.6. The second-order valence-corrected chi connectivity index (χ2v) is 21.6. The van der Waals surface area contributed by atoms with Gasteiger partial charge in [0.2, 0.25) is 0 Å². The summed E-state index contributed by atoms with van der Waals surface area (Å²) in [6, 6.07) is 1.22. The molecule has 2 aliphatic rings. The molecule has 0 spiro atoms. The van der Waals surface area contributed by atoms with E-state index in [2.05, 4.69) is 64.8 Å². The first-order valence-corrected chi connectivity index (χ1v) is 29.6. The van der Waals surface area contributed by atoms with Gasteiger partial charge in [-0.25, -0.2) is 13.9 Å². The van der Waals surface area contributed by atoms with Crippen LogP contribution in [0.5, 0.6) is 0 Å². The molecule has 1 fully saturated rings. The van der Waals surface area contributed by atoms with Crippen molar-refractivity contribution in [2.24, 2.45) is 5.92 Å². The number of ether oxygens (including phenoxy) is 4. The summed E-state index contributed by atoms with van der Waals surface area (Å²) in [6.07, 6.45) is 23.6. The van der Waals surface area contributed by atoms with Crippen molar-refractivity contribution >= 4 is 33.4 Å². The van der Waals surface area contributed by atoms with Crippen molar-refractivity contribution in [3.05, 3.63) is 120 Å². The van der Waals surface area contributed by atoms with Crippen molar-refractivity contribution in [1.82, 2.24) is 9.55 Å². The van der Waals surface area contributed by atoms with Crippen LogP contribution in [0.2, 0.25) is 0 Å². The minimum atomic E-state index is -5.75. The van der Waals surface area contributed by atoms with Gasteiger partial charge < -0.3 is 60.0 Å². The fourth-order valence-corrected chi connectivity index (χ4v) is 9.89. The van der Waals surface area contributed by atoms with E-state index < -0.39 is 121 Å². The number of unbranched alkanes of at least 4 members (excludes halogenated alkanes) is 2. The summed E-state index contributed by atoms with van der Waals surface area (Å²) in [4.78, 5) is 64.2. The molecule has 2 bridgehead atoms. The average Bonchev–Trinajstić information content (AvgIpc) is 3.41. The lowest BCUT2D eigenvalue weighted by molar-refractivity contribution is -0.192. The van der Waals surface area contributed by atoms with E-state index in [1.54, 1.807) is 18.2 Å². The Bertz CT molecular complexity index is 2320. The maximum Gasteiger partial charge on any atom is 0.481 e. The van der Waals surface area contributed by atoms with E-state index in [-0.39, 0.29) is 37.9 Å². The Hall–Kier alpha value is -4.48. The number of anilines is 1. The summed E-state index contributed by atoms with van der Waals surface area (Å²) in [5.41, 5.74) is 4.75. The zero-order valence-corrected chi connectivity index (χ0v) is 46.5. The molecule has 9 N–H and O–H groups in total. The standard InChI is InChI=1S/C54H83N3O19P2/c1-3-5-7-8-9-10-11-12-13-14-15-16-17-18-19-20-21-22-27-31-48(60)70-38-42-39-71-77(66,67)76-78(68,69)72-40-46-52(64)51(63)45(34-33-41(58)29-25-6-4-2)74-50(62)37-44(59)43(30-26-23-24-28-32-49(61)73-42)53(75-46)57-36-35-47(55)56-54(57)65/h5,7,9-10,12-13,15-16,18-19,21-23,26,33-36,41-46,50-53,58-59,62-64H,3-4,6,8,11,14,17,20,24-25,27-32,37-40H2,1-2H3,(H,66,67)(H,68,69)(H2,55,56,65)/b7-5-,10-9-,13-12-,16-15-,19-18-,22-21-,26-23?,34-33+/t41-,42+,43-,44-,45+,46+,50?,51-,52+,53+/m0/s1. The largest absolute Gasteiger partial charge is 0.481 e. The van der Waals surface area contributed by atoms with Gasteiger partial charge in [-0.3, -0.25) is 23.2 Å². The van der Waals surface area contributed by atoms with Crippen molar-refractivity contribution in [3.63, 3.8) is 0 Å². The number of aliphatic hydroxyl groups excluding tert-OH is 5. The van der Waals surface area contributed by atoms with Gasteiger partial charge in [-0.15, -0.1) is 0 Å². The molecule has 1 saturated heterocycles. The third kappa shape index (κ3) is 28.6. The normalized spacial score (nSPS) is 29.6. The molecule has 0 saturated carbocycles. The number of aliphatic hydroxyl groups is 5.